The zero-order valence-corrected chi connectivity index (χ0v) is 11.7. The number of hydrogen-bond acceptors (Lipinski definition) is 4. The molecule has 3 N–H and O–H groups in total. The van der Waals surface area contributed by atoms with Gasteiger partial charge in [0.1, 0.15) is 6.04 Å². The summed E-state index contributed by atoms with van der Waals surface area (Å²) in [7, 11) is 0. The van der Waals surface area contributed by atoms with Gasteiger partial charge in [-0.1, -0.05) is 0 Å². The van der Waals surface area contributed by atoms with E-state index in [0.29, 0.717) is 6.54 Å². The maximum Gasteiger partial charge on any atom is 0.239 e. The minimum absolute atomic E-state index is 0.209. The van der Waals surface area contributed by atoms with E-state index in [-0.39, 0.29) is 12.0 Å². The third-order valence-corrected chi connectivity index (χ3v) is 4.43. The first-order valence-corrected chi connectivity index (χ1v) is 7.17. The Kier molecular flexibility index (Phi) is 4.55. The highest BCUT2D eigenvalue weighted by Gasteiger charge is 2.22. The molecule has 2 rings (SSSR count). The fourth-order valence-electron chi connectivity index (χ4n) is 1.88. The molecule has 2 heterocycles. The highest BCUT2D eigenvalue weighted by Crippen LogP contribution is 2.27. The van der Waals surface area contributed by atoms with Gasteiger partial charge >= 0.3 is 0 Å². The second-order valence-corrected chi connectivity index (χ2v) is 6.52. The molecular formula is C11H15BrN2O2S. The van der Waals surface area contributed by atoms with Crippen molar-refractivity contribution < 1.29 is 9.53 Å². The number of amides is 1. The number of halogens is 1. The van der Waals surface area contributed by atoms with Crippen molar-refractivity contribution in [3.8, 4) is 0 Å². The fourth-order valence-corrected chi connectivity index (χ4v) is 3.39. The van der Waals surface area contributed by atoms with Gasteiger partial charge in [0.15, 0.2) is 0 Å². The zero-order valence-electron chi connectivity index (χ0n) is 9.32. The molecule has 1 aliphatic heterocycles. The molecule has 0 aromatic carbocycles. The van der Waals surface area contributed by atoms with E-state index in [1.807, 2.05) is 12.1 Å². The SMILES string of the molecule is NC(=O)C(NCC1CCCO1)c1ccc(Br)s1. The first kappa shape index (κ1) is 13.0. The topological polar surface area (TPSA) is 64.4 Å². The zero-order chi connectivity index (χ0) is 12.3. The number of primary amides is 1. The average Bonchev–Trinajstić information content (AvgIpc) is 2.90. The minimum Gasteiger partial charge on any atom is -0.377 e. The number of hydrogen-bond donors (Lipinski definition) is 2. The quantitative estimate of drug-likeness (QED) is 0.870. The molecule has 1 amide bonds. The van der Waals surface area contributed by atoms with Crippen molar-refractivity contribution in [3.63, 3.8) is 0 Å². The van der Waals surface area contributed by atoms with Crippen LogP contribution in [0.5, 0.6) is 0 Å². The lowest BCUT2D eigenvalue weighted by atomic mass is 10.2. The molecule has 0 spiro atoms. The maximum absolute atomic E-state index is 11.4. The van der Waals surface area contributed by atoms with E-state index in [4.69, 9.17) is 10.5 Å². The van der Waals surface area contributed by atoms with E-state index in [1.54, 1.807) is 0 Å². The molecule has 2 atom stereocenters. The third kappa shape index (κ3) is 3.51. The van der Waals surface area contributed by atoms with Gasteiger partial charge in [-0.05, 0) is 40.9 Å². The Bertz CT molecular complexity index is 391. The van der Waals surface area contributed by atoms with Crippen molar-refractivity contribution in [2.75, 3.05) is 13.2 Å². The number of rotatable bonds is 5. The van der Waals surface area contributed by atoms with Gasteiger partial charge in [-0.3, -0.25) is 10.1 Å². The summed E-state index contributed by atoms with van der Waals surface area (Å²) in [6.07, 6.45) is 2.35. The van der Waals surface area contributed by atoms with Gasteiger partial charge in [0.2, 0.25) is 5.91 Å². The molecule has 1 aromatic heterocycles. The summed E-state index contributed by atoms with van der Waals surface area (Å²) in [4.78, 5) is 12.4. The number of nitrogens with one attached hydrogen (secondary N) is 1. The van der Waals surface area contributed by atoms with Crippen LogP contribution in [0.4, 0.5) is 0 Å². The highest BCUT2D eigenvalue weighted by molar-refractivity contribution is 9.11. The predicted octanol–water partition coefficient (Wildman–Crippen LogP) is 1.81. The monoisotopic (exact) mass is 318 g/mol. The standard InChI is InChI=1S/C11H15BrN2O2S/c12-9-4-3-8(17-9)10(11(13)15)14-6-7-2-1-5-16-7/h3-4,7,10,14H,1-2,5-6H2,(H2,13,15). The largest absolute Gasteiger partial charge is 0.377 e. The molecule has 4 nitrogen and oxygen atoms in total. The summed E-state index contributed by atoms with van der Waals surface area (Å²) in [5.74, 6) is -0.350. The second-order valence-electron chi connectivity index (χ2n) is 4.02. The molecular weight excluding hydrogens is 304 g/mol. The van der Waals surface area contributed by atoms with Crippen LogP contribution >= 0.6 is 27.3 Å². The first-order valence-electron chi connectivity index (χ1n) is 5.56. The maximum atomic E-state index is 11.4. The van der Waals surface area contributed by atoms with Crippen LogP contribution in [0, 0.1) is 0 Å². The van der Waals surface area contributed by atoms with Gasteiger partial charge in [-0.15, -0.1) is 11.3 Å². The molecule has 1 fully saturated rings. The number of ether oxygens (including phenoxy) is 1. The Morgan fingerprint density at radius 1 is 1.71 bits per heavy atom. The number of carbonyl (C=O) groups excluding carboxylic acids is 1. The molecule has 1 saturated heterocycles. The van der Waals surface area contributed by atoms with E-state index in [1.165, 1.54) is 11.3 Å². The van der Waals surface area contributed by atoms with Crippen molar-refractivity contribution >= 4 is 33.2 Å². The molecule has 0 bridgehead atoms. The Hall–Kier alpha value is -0.430. The molecule has 17 heavy (non-hydrogen) atoms. The van der Waals surface area contributed by atoms with Crippen LogP contribution in [0.2, 0.25) is 0 Å². The molecule has 0 radical (unpaired) electrons. The lowest BCUT2D eigenvalue weighted by molar-refractivity contribution is -0.120. The summed E-state index contributed by atoms with van der Waals surface area (Å²) in [5, 5.41) is 3.18. The summed E-state index contributed by atoms with van der Waals surface area (Å²) in [6, 6.07) is 3.41. The summed E-state index contributed by atoms with van der Waals surface area (Å²) >= 11 is 4.90. The van der Waals surface area contributed by atoms with Crippen LogP contribution in [0.3, 0.4) is 0 Å². The number of carbonyl (C=O) groups is 1. The first-order chi connectivity index (χ1) is 8.16. The predicted molar refractivity (Wildman–Crippen MR) is 70.9 cm³/mol. The molecule has 1 aliphatic rings. The van der Waals surface area contributed by atoms with Crippen molar-refractivity contribution in [2.24, 2.45) is 5.73 Å². The third-order valence-electron chi connectivity index (χ3n) is 2.74. The fraction of sp³-hybridized carbons (Fsp3) is 0.545. The van der Waals surface area contributed by atoms with Crippen molar-refractivity contribution in [1.82, 2.24) is 5.32 Å². The van der Waals surface area contributed by atoms with Gasteiger partial charge in [0, 0.05) is 18.0 Å². The van der Waals surface area contributed by atoms with Crippen molar-refractivity contribution in [2.45, 2.75) is 25.0 Å². The van der Waals surface area contributed by atoms with Crippen LogP contribution in [0.1, 0.15) is 23.8 Å². The molecule has 2 unspecified atom stereocenters. The lowest BCUT2D eigenvalue weighted by Crippen LogP contribution is -2.37. The summed E-state index contributed by atoms with van der Waals surface area (Å²) in [5.41, 5.74) is 5.41. The second kappa shape index (κ2) is 5.95. The van der Waals surface area contributed by atoms with Gasteiger partial charge < -0.3 is 10.5 Å². The summed E-state index contributed by atoms with van der Waals surface area (Å²) < 4.78 is 6.50. The van der Waals surface area contributed by atoms with E-state index in [9.17, 15) is 4.79 Å². The molecule has 0 aliphatic carbocycles. The Morgan fingerprint density at radius 2 is 2.53 bits per heavy atom. The van der Waals surface area contributed by atoms with Crippen LogP contribution < -0.4 is 11.1 Å². The number of nitrogens with two attached hydrogens (primary N) is 1. The van der Waals surface area contributed by atoms with Gasteiger partial charge in [-0.2, -0.15) is 0 Å². The molecule has 1 aromatic rings. The normalized spacial score (nSPS) is 21.6. The Morgan fingerprint density at radius 3 is 3.06 bits per heavy atom. The van der Waals surface area contributed by atoms with E-state index < -0.39 is 6.04 Å². The number of thiophene rings is 1. The Balaban J connectivity index is 1.95. The molecule has 0 saturated carbocycles. The van der Waals surface area contributed by atoms with Crippen LogP contribution in [-0.4, -0.2) is 25.2 Å². The smallest absolute Gasteiger partial charge is 0.239 e. The van der Waals surface area contributed by atoms with Gasteiger partial charge in [-0.25, -0.2) is 0 Å². The van der Waals surface area contributed by atoms with E-state index in [0.717, 1.165) is 28.1 Å². The van der Waals surface area contributed by atoms with Gasteiger partial charge in [0.05, 0.1) is 9.89 Å². The average molecular weight is 319 g/mol. The van der Waals surface area contributed by atoms with Crippen LogP contribution in [-0.2, 0) is 9.53 Å². The van der Waals surface area contributed by atoms with Crippen molar-refractivity contribution in [3.05, 3.63) is 20.8 Å². The van der Waals surface area contributed by atoms with Crippen molar-refractivity contribution in [1.29, 1.82) is 0 Å². The Labute approximate surface area is 113 Å². The molecule has 94 valence electrons. The van der Waals surface area contributed by atoms with Crippen LogP contribution in [0.15, 0.2) is 15.9 Å². The van der Waals surface area contributed by atoms with E-state index >= 15 is 0 Å². The van der Waals surface area contributed by atoms with Gasteiger partial charge in [0.25, 0.3) is 0 Å². The van der Waals surface area contributed by atoms with Crippen LogP contribution in [0.25, 0.3) is 0 Å². The molecule has 6 heteroatoms. The lowest BCUT2D eigenvalue weighted by Gasteiger charge is -2.16. The van der Waals surface area contributed by atoms with E-state index in [2.05, 4.69) is 21.2 Å². The summed E-state index contributed by atoms with van der Waals surface area (Å²) in [6.45, 7) is 1.49. The minimum atomic E-state index is -0.421. The highest BCUT2D eigenvalue weighted by atomic mass is 79.9.